The number of carbonyl (C=O) groups is 16. The molecule has 3 heterocycles. The average molecular weight is 1840 g/mol. The van der Waals surface area contributed by atoms with Gasteiger partial charge in [0, 0.05) is 87.1 Å². The molecule has 5 rings (SSSR count). The van der Waals surface area contributed by atoms with Crippen molar-refractivity contribution in [1.82, 2.24) is 84.1 Å². The summed E-state index contributed by atoms with van der Waals surface area (Å²) in [5.41, 5.74) is 35.5. The van der Waals surface area contributed by atoms with E-state index in [4.69, 9.17) is 43.9 Å². The summed E-state index contributed by atoms with van der Waals surface area (Å²) in [6.07, 6.45) is 20.2. The summed E-state index contributed by atoms with van der Waals surface area (Å²) in [4.78, 5) is 224. The van der Waals surface area contributed by atoms with Gasteiger partial charge in [-0.1, -0.05) is 152 Å². The van der Waals surface area contributed by atoms with E-state index in [-0.39, 0.29) is 115 Å². The number of rotatable bonds is 54. The summed E-state index contributed by atoms with van der Waals surface area (Å²) < 4.78 is 10.8. The van der Waals surface area contributed by atoms with Crippen LogP contribution in [0.5, 0.6) is 0 Å². The van der Waals surface area contributed by atoms with E-state index >= 15 is 0 Å². The number of amides is 16. The van der Waals surface area contributed by atoms with Crippen molar-refractivity contribution in [3.8, 4) is 0 Å². The lowest BCUT2D eigenvalue weighted by molar-refractivity contribution is -0.137. The minimum atomic E-state index is -1.59. The number of nitrogens with zero attached hydrogens (tertiary/aromatic N) is 2. The molecule has 0 unspecified atom stereocenters. The maximum atomic E-state index is 14.4. The fourth-order valence-corrected chi connectivity index (χ4v) is 14.1. The Labute approximate surface area is 763 Å². The normalized spacial score (nSPS) is 18.1. The van der Waals surface area contributed by atoms with Gasteiger partial charge in [-0.05, 0) is 89.0 Å². The molecule has 0 radical (unpaired) electrons. The molecule has 16 amide bonds. The lowest BCUT2D eigenvalue weighted by atomic mass is 10.0. The number of ether oxygens (including phenoxy) is 2. The molecule has 2 aromatic carbocycles. The Morgan fingerprint density at radius 3 is 1.76 bits per heavy atom. The third-order valence-electron chi connectivity index (χ3n) is 21.5. The van der Waals surface area contributed by atoms with Gasteiger partial charge in [0.15, 0.2) is 5.96 Å². The SMILES string of the molecule is CCCCCCCCCCCCCCCC(=O)NCCOCCOCC(=O)N[C@H](C(=O)N[C@@H](CCC(N)=O)C(=O)N[C@@H](Cc1cnc[nH]1)C(=O)N[C@@H](CO)C(=O)N[C@@H](CCCC)C(N)=O)[C@@H](C)O.CN[C@H]1CCC(=O)NCCCC[C@@H](C(N)=O)NC(=O)[C@H](Cc2c[nH]c3ccccc23)NC(=O)[C@H](CCCN=C(N)N)NC(=O)[C@@H](Cc2ccccc2)NC(=O)[C@H](CC(N)=O)NC1=O. The number of H-pyrrole nitrogens is 2. The number of para-hydroxylation sites is 1. The van der Waals surface area contributed by atoms with Crippen molar-refractivity contribution < 1.29 is 96.4 Å². The molecule has 1 saturated heterocycles. The minimum absolute atomic E-state index is 0.00506. The number of aliphatic hydroxyl groups is 2. The summed E-state index contributed by atoms with van der Waals surface area (Å²) in [7, 11) is 1.49. The Morgan fingerprint density at radius 2 is 1.15 bits per heavy atom. The van der Waals surface area contributed by atoms with Gasteiger partial charge in [-0.25, -0.2) is 4.98 Å². The Kier molecular flexibility index (Phi) is 54.0. The number of guanidine groups is 1. The molecule has 0 bridgehead atoms. The summed E-state index contributed by atoms with van der Waals surface area (Å²) in [5.74, 6) is -12.5. The number of aliphatic imine (C=N–C) groups is 1. The van der Waals surface area contributed by atoms with Crippen molar-refractivity contribution in [3.05, 3.63) is 90.1 Å². The molecule has 728 valence electrons. The minimum Gasteiger partial charge on any atom is -0.394 e. The van der Waals surface area contributed by atoms with Gasteiger partial charge in [-0.3, -0.25) is 81.7 Å². The van der Waals surface area contributed by atoms with Crippen LogP contribution in [0.15, 0.2) is 78.3 Å². The maximum Gasteiger partial charge on any atom is 0.246 e. The van der Waals surface area contributed by atoms with Crippen molar-refractivity contribution in [3.63, 3.8) is 0 Å². The van der Waals surface area contributed by atoms with Gasteiger partial charge in [0.1, 0.15) is 67.0 Å². The summed E-state index contributed by atoms with van der Waals surface area (Å²) in [6.45, 7) is 4.91. The van der Waals surface area contributed by atoms with Gasteiger partial charge in [-0.2, -0.15) is 0 Å². The summed E-state index contributed by atoms with van der Waals surface area (Å²) >= 11 is 0. The van der Waals surface area contributed by atoms with E-state index in [1.807, 2.05) is 31.2 Å². The Hall–Kier alpha value is -12.2. The zero-order valence-corrected chi connectivity index (χ0v) is 75.8. The van der Waals surface area contributed by atoms with E-state index in [2.05, 4.69) is 96.0 Å². The molecule has 0 spiro atoms. The van der Waals surface area contributed by atoms with E-state index in [0.29, 0.717) is 55.5 Å². The van der Waals surface area contributed by atoms with Gasteiger partial charge >= 0.3 is 0 Å². The number of primary amides is 4. The van der Waals surface area contributed by atoms with E-state index < -0.39 is 181 Å². The molecule has 12 atom stereocenters. The number of unbranched alkanes of at least 4 members (excludes halogenated alkanes) is 13. The largest absolute Gasteiger partial charge is 0.394 e. The van der Waals surface area contributed by atoms with Crippen LogP contribution < -0.4 is 104 Å². The van der Waals surface area contributed by atoms with E-state index in [1.54, 1.807) is 36.5 Å². The molecule has 4 aromatic rings. The van der Waals surface area contributed by atoms with Crippen LogP contribution in [0.3, 0.4) is 0 Å². The molecule has 29 N–H and O–H groups in total. The molecule has 0 aliphatic carbocycles. The number of hydrogen-bond acceptors (Lipinski definition) is 23. The fourth-order valence-electron chi connectivity index (χ4n) is 14.1. The first kappa shape index (κ1) is 111. The summed E-state index contributed by atoms with van der Waals surface area (Å²) in [5, 5.41) is 54.9. The molecular formula is C88H141N23O20. The molecular weight excluding hydrogens is 1700 g/mol. The lowest BCUT2D eigenvalue weighted by Crippen LogP contribution is -2.61. The molecule has 1 fully saturated rings. The first-order valence-corrected chi connectivity index (χ1v) is 45.2. The van der Waals surface area contributed by atoms with Crippen LogP contribution in [0.25, 0.3) is 10.9 Å². The quantitative estimate of drug-likeness (QED) is 0.0126. The number of aromatic amines is 2. The lowest BCUT2D eigenvalue weighted by Gasteiger charge is -2.27. The third kappa shape index (κ3) is 45.7. The van der Waals surface area contributed by atoms with Crippen LogP contribution in [0, 0.1) is 0 Å². The Balaban J connectivity index is 0.000000549. The smallest absolute Gasteiger partial charge is 0.246 e. The first-order valence-electron chi connectivity index (χ1n) is 45.2. The predicted octanol–water partition coefficient (Wildman–Crippen LogP) is -2.22. The van der Waals surface area contributed by atoms with Gasteiger partial charge < -0.3 is 133 Å². The van der Waals surface area contributed by atoms with Crippen molar-refractivity contribution in [2.24, 2.45) is 39.4 Å². The maximum absolute atomic E-state index is 14.4. The number of likely N-dealkylation sites (N-methyl/N-ethyl adjacent to an activating group) is 1. The molecule has 43 heteroatoms. The van der Waals surface area contributed by atoms with E-state index in [9.17, 15) is 86.9 Å². The highest BCUT2D eigenvalue weighted by atomic mass is 16.5. The van der Waals surface area contributed by atoms with Crippen LogP contribution in [0.2, 0.25) is 0 Å². The molecule has 43 nitrogen and oxygen atoms in total. The highest BCUT2D eigenvalue weighted by Crippen LogP contribution is 2.21. The van der Waals surface area contributed by atoms with E-state index in [1.165, 1.54) is 90.7 Å². The number of aliphatic hydroxyl groups excluding tert-OH is 2. The number of nitrogens with one attached hydrogen (secondary N) is 15. The number of carbonyl (C=O) groups excluding carboxylic acids is 16. The highest BCUT2D eigenvalue weighted by Gasteiger charge is 2.38. The standard InChI is InChI=1S/C46H82N10O12.C42H59N13O8/c1-4-6-8-9-10-11-12-13-14-15-16-17-18-20-39(60)50-23-24-67-25-26-68-30-40(61)56-41(32(3)58)46(66)53-35(21-22-38(47)59)43(63)54-36(27-33-28-49-31-51-33)44(64)55-37(29-57)45(65)52-34(42(48)62)19-7-5-2;1-47-29-16-17-35(57)48-18-8-7-14-28(36(44)58)51-40(62)32(21-25-23-50-27-13-6-5-12-26(25)27)54-38(60)30(15-9-19-49-42(45)46)52-39(61)31(20-24-10-3-2-4-11-24)53-41(63)33(22-34(43)56)55-37(29)59/h28,31-32,34-37,41,57-58H,4-27,29-30H2,1-3H3,(H2,47,59)(H2,48,62)(H,49,51)(H,50,60)(H,52,65)(H,53,66)(H,54,63)(H,55,64)(H,56,61);2-6,10-13,23,28-33,47,50H,7-9,14-22H2,1H3,(H2,43,56)(H2,44,58)(H,48,57)(H,51,62)(H,52,61)(H,53,63)(H,54,60)(H,55,59)(H4,45,46,49)/t32-,34+,35+,36+,37+,41+;28-,29-,30-,31+,32-,33-/m10/s1. The van der Waals surface area contributed by atoms with Gasteiger partial charge in [-0.15, -0.1) is 0 Å². The zero-order chi connectivity index (χ0) is 96.4. The summed E-state index contributed by atoms with van der Waals surface area (Å²) in [6, 6.07) is 1.16. The third-order valence-corrected chi connectivity index (χ3v) is 21.5. The second-order valence-electron chi connectivity index (χ2n) is 32.4. The predicted molar refractivity (Wildman–Crippen MR) is 486 cm³/mol. The first-order chi connectivity index (χ1) is 62.8. The number of aromatic nitrogens is 3. The molecule has 2 aromatic heterocycles. The Bertz CT molecular complexity index is 4250. The highest BCUT2D eigenvalue weighted by molar-refractivity contribution is 6.00. The van der Waals surface area contributed by atoms with Crippen LogP contribution in [-0.4, -0.2) is 258 Å². The molecule has 1 aliphatic heterocycles. The second kappa shape index (κ2) is 63.7. The van der Waals surface area contributed by atoms with Crippen LogP contribution >= 0.6 is 0 Å². The van der Waals surface area contributed by atoms with Crippen LogP contribution in [0.4, 0.5) is 0 Å². The Morgan fingerprint density at radius 1 is 0.565 bits per heavy atom. The van der Waals surface area contributed by atoms with Crippen LogP contribution in [-0.2, 0) is 105 Å². The van der Waals surface area contributed by atoms with Crippen molar-refractivity contribution in [1.29, 1.82) is 0 Å². The van der Waals surface area contributed by atoms with Crippen molar-refractivity contribution in [2.75, 3.05) is 59.7 Å². The number of fused-ring (bicyclic) bond motifs is 1. The monoisotopic (exact) mass is 1840 g/mol. The van der Waals surface area contributed by atoms with Crippen LogP contribution in [0.1, 0.15) is 211 Å². The number of imidazole rings is 1. The topological polar surface area (TPSA) is 701 Å². The average Bonchev–Trinajstić information content (AvgIpc) is 1.69. The number of benzene rings is 2. The molecule has 0 saturated carbocycles. The second-order valence-corrected chi connectivity index (χ2v) is 32.4. The van der Waals surface area contributed by atoms with Gasteiger partial charge in [0.25, 0.3) is 0 Å². The zero-order valence-electron chi connectivity index (χ0n) is 75.8. The number of hydrogen-bond donors (Lipinski definition) is 23. The van der Waals surface area contributed by atoms with Crippen molar-refractivity contribution >= 4 is 111 Å². The van der Waals surface area contributed by atoms with E-state index in [0.717, 1.165) is 30.2 Å². The number of nitrogens with two attached hydrogens (primary N) is 6. The van der Waals surface area contributed by atoms with Crippen molar-refractivity contribution in [2.45, 2.75) is 286 Å². The van der Waals surface area contributed by atoms with Gasteiger partial charge in [0.05, 0.1) is 51.3 Å². The molecule has 131 heavy (non-hydrogen) atoms. The van der Waals surface area contributed by atoms with Gasteiger partial charge in [0.2, 0.25) is 94.5 Å². The fraction of sp³-hybridized carbons (Fsp3) is 0.614. The molecule has 1 aliphatic rings.